The number of para-hydroxylation sites is 3. The van der Waals surface area contributed by atoms with Crippen LogP contribution < -0.4 is 0 Å². The predicted octanol–water partition coefficient (Wildman–Crippen LogP) is 11.8. The van der Waals surface area contributed by atoms with Gasteiger partial charge in [0.2, 0.25) is 5.95 Å². The summed E-state index contributed by atoms with van der Waals surface area (Å²) in [7, 11) is 0. The summed E-state index contributed by atoms with van der Waals surface area (Å²) in [6.45, 7) is 0. The lowest BCUT2D eigenvalue weighted by Crippen LogP contribution is -2.06. The molecule has 0 aliphatic rings. The summed E-state index contributed by atoms with van der Waals surface area (Å²) >= 11 is 1.80. The van der Waals surface area contributed by atoms with Crippen molar-refractivity contribution in [1.82, 2.24) is 24.1 Å². The first kappa shape index (κ1) is 28.2. The zero-order chi connectivity index (χ0) is 33.5. The quantitative estimate of drug-likeness (QED) is 0.187. The molecule has 0 atom stereocenters. The van der Waals surface area contributed by atoms with E-state index in [1.165, 1.54) is 36.5 Å². The van der Waals surface area contributed by atoms with Gasteiger partial charge in [0.15, 0.2) is 11.6 Å². The molecule has 6 heteroatoms. The Morgan fingerprint density at radius 3 is 1.67 bits per heavy atom. The van der Waals surface area contributed by atoms with Crippen molar-refractivity contribution >= 4 is 75.1 Å². The highest BCUT2D eigenvalue weighted by Gasteiger charge is 2.21. The van der Waals surface area contributed by atoms with Crippen LogP contribution in [0.1, 0.15) is 0 Å². The lowest BCUT2D eigenvalue weighted by molar-refractivity contribution is 0.954. The van der Waals surface area contributed by atoms with E-state index in [0.29, 0.717) is 17.6 Å². The molecule has 4 heterocycles. The number of hydrogen-bond acceptors (Lipinski definition) is 4. The van der Waals surface area contributed by atoms with E-state index in [1.54, 1.807) is 11.3 Å². The van der Waals surface area contributed by atoms with Crippen LogP contribution in [-0.4, -0.2) is 24.1 Å². The topological polar surface area (TPSA) is 48.5 Å². The molecule has 0 aliphatic heterocycles. The molecule has 0 saturated heterocycles. The standard InChI is InChI=1S/C45H27N5S/c1-3-13-28(14-4-1)43-46-44(29-23-24-34-33-19-9-12-22-41(33)51-42(34)25-29)48-45(47-43)50-38-21-11-8-18-32(38)36-26-35-31-17-7-10-20-37(31)49(39(35)27-40(36)50)30-15-5-2-6-16-30/h1-27H. The molecule has 5 nitrogen and oxygen atoms in total. The minimum absolute atomic E-state index is 0.586. The molecule has 0 fully saturated rings. The molecule has 11 aromatic rings. The van der Waals surface area contributed by atoms with E-state index in [1.807, 2.05) is 18.2 Å². The van der Waals surface area contributed by atoms with Gasteiger partial charge < -0.3 is 4.57 Å². The van der Waals surface area contributed by atoms with Crippen molar-refractivity contribution in [2.45, 2.75) is 0 Å². The third-order valence-electron chi connectivity index (χ3n) is 9.97. The van der Waals surface area contributed by atoms with Crippen molar-refractivity contribution in [3.63, 3.8) is 0 Å². The fraction of sp³-hybridized carbons (Fsp3) is 0. The van der Waals surface area contributed by atoms with Crippen LogP contribution >= 0.6 is 11.3 Å². The number of benzene rings is 7. The Morgan fingerprint density at radius 2 is 0.922 bits per heavy atom. The maximum Gasteiger partial charge on any atom is 0.238 e. The van der Waals surface area contributed by atoms with E-state index in [4.69, 9.17) is 15.0 Å². The molecule has 11 rings (SSSR count). The van der Waals surface area contributed by atoms with Gasteiger partial charge in [-0.25, -0.2) is 4.98 Å². The van der Waals surface area contributed by atoms with Crippen molar-refractivity contribution in [2.75, 3.05) is 0 Å². The fourth-order valence-corrected chi connectivity index (χ4v) is 8.82. The number of rotatable bonds is 4. The van der Waals surface area contributed by atoms with E-state index in [2.05, 4.69) is 155 Å². The van der Waals surface area contributed by atoms with Gasteiger partial charge in [-0.15, -0.1) is 11.3 Å². The zero-order valence-electron chi connectivity index (χ0n) is 27.2. The van der Waals surface area contributed by atoms with Crippen LogP contribution in [0.3, 0.4) is 0 Å². The fourth-order valence-electron chi connectivity index (χ4n) is 7.68. The number of nitrogens with zero attached hydrogens (tertiary/aromatic N) is 5. The normalized spacial score (nSPS) is 11.9. The van der Waals surface area contributed by atoms with Crippen molar-refractivity contribution in [3.8, 4) is 34.4 Å². The van der Waals surface area contributed by atoms with Crippen molar-refractivity contribution < 1.29 is 0 Å². The third-order valence-corrected chi connectivity index (χ3v) is 11.1. The van der Waals surface area contributed by atoms with Crippen LogP contribution in [-0.2, 0) is 0 Å². The summed E-state index contributed by atoms with van der Waals surface area (Å²) in [5.41, 5.74) is 7.42. The molecule has 0 saturated carbocycles. The molecule has 0 amide bonds. The molecule has 0 unspecified atom stereocenters. The van der Waals surface area contributed by atoms with Crippen LogP contribution in [0.15, 0.2) is 164 Å². The average Bonchev–Trinajstić information content (AvgIpc) is 3.84. The Kier molecular flexibility index (Phi) is 6.05. The highest BCUT2D eigenvalue weighted by molar-refractivity contribution is 7.25. The van der Waals surface area contributed by atoms with Crippen LogP contribution in [0, 0.1) is 0 Å². The first-order chi connectivity index (χ1) is 25.3. The predicted molar refractivity (Wildman–Crippen MR) is 212 cm³/mol. The summed E-state index contributed by atoms with van der Waals surface area (Å²) in [5, 5.41) is 7.26. The molecule has 0 radical (unpaired) electrons. The van der Waals surface area contributed by atoms with Gasteiger partial charge in [-0.05, 0) is 48.5 Å². The first-order valence-electron chi connectivity index (χ1n) is 17.0. The second-order valence-corrected chi connectivity index (χ2v) is 14.0. The Labute approximate surface area is 296 Å². The molecule has 0 bridgehead atoms. The maximum absolute atomic E-state index is 5.27. The van der Waals surface area contributed by atoms with E-state index < -0.39 is 0 Å². The Morgan fingerprint density at radius 1 is 0.353 bits per heavy atom. The van der Waals surface area contributed by atoms with Crippen LogP contribution in [0.4, 0.5) is 0 Å². The molecule has 7 aromatic carbocycles. The molecule has 0 N–H and O–H groups in total. The van der Waals surface area contributed by atoms with Gasteiger partial charge in [-0.2, -0.15) is 9.97 Å². The van der Waals surface area contributed by atoms with Gasteiger partial charge in [-0.3, -0.25) is 4.57 Å². The second-order valence-electron chi connectivity index (χ2n) is 12.9. The molecule has 238 valence electrons. The third kappa shape index (κ3) is 4.30. The summed E-state index contributed by atoms with van der Waals surface area (Å²) in [4.78, 5) is 15.6. The molecule has 4 aromatic heterocycles. The molecule has 0 aliphatic carbocycles. The largest absolute Gasteiger partial charge is 0.309 e. The van der Waals surface area contributed by atoms with Crippen molar-refractivity contribution in [3.05, 3.63) is 164 Å². The number of hydrogen-bond donors (Lipinski definition) is 0. The summed E-state index contributed by atoms with van der Waals surface area (Å²) in [6.07, 6.45) is 0. The lowest BCUT2D eigenvalue weighted by Gasteiger charge is -2.11. The monoisotopic (exact) mass is 669 g/mol. The van der Waals surface area contributed by atoms with E-state index in [-0.39, 0.29) is 0 Å². The summed E-state index contributed by atoms with van der Waals surface area (Å²) in [5.74, 6) is 1.87. The molecule has 51 heavy (non-hydrogen) atoms. The van der Waals surface area contributed by atoms with Crippen LogP contribution in [0.25, 0.3) is 98.2 Å². The van der Waals surface area contributed by atoms with Gasteiger partial charge in [0.1, 0.15) is 0 Å². The Hall–Kier alpha value is -6.63. The van der Waals surface area contributed by atoms with Crippen molar-refractivity contribution in [1.29, 1.82) is 0 Å². The number of thiophene rings is 1. The highest BCUT2D eigenvalue weighted by Crippen LogP contribution is 2.40. The Balaban J connectivity index is 1.22. The van der Waals surface area contributed by atoms with Gasteiger partial charge >= 0.3 is 0 Å². The molecular weight excluding hydrogens is 643 g/mol. The minimum Gasteiger partial charge on any atom is -0.309 e. The summed E-state index contributed by atoms with van der Waals surface area (Å²) < 4.78 is 7.06. The van der Waals surface area contributed by atoms with Crippen molar-refractivity contribution in [2.24, 2.45) is 0 Å². The number of fused-ring (bicyclic) bond motifs is 9. The molecule has 0 spiro atoms. The first-order valence-corrected chi connectivity index (χ1v) is 17.9. The van der Waals surface area contributed by atoms with Gasteiger partial charge in [0, 0.05) is 58.5 Å². The highest BCUT2D eigenvalue weighted by atomic mass is 32.1. The van der Waals surface area contributed by atoms with Gasteiger partial charge in [-0.1, -0.05) is 115 Å². The lowest BCUT2D eigenvalue weighted by atomic mass is 10.1. The zero-order valence-corrected chi connectivity index (χ0v) is 28.0. The van der Waals surface area contributed by atoms with Gasteiger partial charge in [0.05, 0.1) is 22.1 Å². The summed E-state index contributed by atoms with van der Waals surface area (Å²) in [6, 6.07) is 57.8. The second kappa shape index (κ2) is 10.9. The smallest absolute Gasteiger partial charge is 0.238 e. The average molecular weight is 670 g/mol. The van der Waals surface area contributed by atoms with Crippen LogP contribution in [0.2, 0.25) is 0 Å². The van der Waals surface area contributed by atoms with Crippen LogP contribution in [0.5, 0.6) is 0 Å². The van der Waals surface area contributed by atoms with E-state index in [0.717, 1.165) is 44.1 Å². The SMILES string of the molecule is c1ccc(-c2nc(-c3ccc4c(c3)sc3ccccc34)nc(-n3c4ccccc4c4cc5c6ccccc6n(-c6ccccc6)c5cc43)n2)cc1. The van der Waals surface area contributed by atoms with Gasteiger partial charge in [0.25, 0.3) is 0 Å². The minimum atomic E-state index is 0.586. The van der Waals surface area contributed by atoms with E-state index in [9.17, 15) is 0 Å². The van der Waals surface area contributed by atoms with E-state index >= 15 is 0 Å². The maximum atomic E-state index is 5.27. The Bertz CT molecular complexity index is 3140. The number of aromatic nitrogens is 5. The molecular formula is C45H27N5S.